The van der Waals surface area contributed by atoms with Gasteiger partial charge >= 0.3 is 8.80 Å². The van der Waals surface area contributed by atoms with Crippen LogP contribution in [0.1, 0.15) is 13.8 Å². The lowest BCUT2D eigenvalue weighted by Gasteiger charge is -2.44. The highest BCUT2D eigenvalue weighted by Crippen LogP contribution is 2.17. The molecule has 0 spiro atoms. The number of hydrogen-bond donors (Lipinski definition) is 0. The fourth-order valence-electron chi connectivity index (χ4n) is 1.75. The van der Waals surface area contributed by atoms with E-state index in [1.165, 1.54) is 0 Å². The van der Waals surface area contributed by atoms with Gasteiger partial charge in [-0.05, 0) is 56.1 Å². The van der Waals surface area contributed by atoms with Gasteiger partial charge in [0, 0.05) is 0 Å². The number of hydrogen-bond acceptors (Lipinski definition) is 4. The van der Waals surface area contributed by atoms with Crippen LogP contribution in [0.15, 0.2) is 11.8 Å². The summed E-state index contributed by atoms with van der Waals surface area (Å²) in [6, 6.07) is 0. The first-order chi connectivity index (χ1) is 6.78. The molecule has 0 saturated heterocycles. The highest BCUT2D eigenvalue weighted by Gasteiger charge is 2.48. The zero-order valence-electron chi connectivity index (χ0n) is 11.3. The molecule has 4 nitrogen and oxygen atoms in total. The van der Waals surface area contributed by atoms with Gasteiger partial charge in [-0.15, -0.1) is 0 Å². The molecule has 0 aromatic carbocycles. The molecule has 5 heteroatoms. The lowest BCUT2D eigenvalue weighted by molar-refractivity contribution is 0.211. The Bertz CT molecular complexity index is 205. The number of rotatable bonds is 5. The van der Waals surface area contributed by atoms with Gasteiger partial charge in [0.05, 0.1) is 5.76 Å². The molecule has 15 heavy (non-hydrogen) atoms. The quantitative estimate of drug-likeness (QED) is 0.520. The third-order valence-electron chi connectivity index (χ3n) is 2.45. The largest absolute Gasteiger partial charge is 0.511 e. The lowest BCUT2D eigenvalue weighted by atomic mass is 10.5. The Kier molecular flexibility index (Phi) is 5.51. The average Bonchev–Trinajstić information content (AvgIpc) is 2.11. The summed E-state index contributed by atoms with van der Waals surface area (Å²) in [6.07, 6.45) is 2.00. The maximum atomic E-state index is 6.15. The Morgan fingerprint density at radius 2 is 1.27 bits per heavy atom. The minimum Gasteiger partial charge on any atom is -0.511 e. The Morgan fingerprint density at radius 3 is 1.47 bits per heavy atom. The number of allylic oxidation sites excluding steroid dienone is 2. The van der Waals surface area contributed by atoms with E-state index >= 15 is 0 Å². The molecular weight excluding hydrogens is 206 g/mol. The maximum absolute atomic E-state index is 6.15. The van der Waals surface area contributed by atoms with Crippen molar-refractivity contribution in [3.8, 4) is 0 Å². The molecule has 0 aliphatic carbocycles. The van der Waals surface area contributed by atoms with Crippen molar-refractivity contribution < 1.29 is 4.43 Å². The van der Waals surface area contributed by atoms with Crippen LogP contribution in [-0.4, -0.2) is 64.8 Å². The van der Waals surface area contributed by atoms with E-state index in [0.717, 1.165) is 5.76 Å². The van der Waals surface area contributed by atoms with Gasteiger partial charge in [0.2, 0.25) is 0 Å². The SMILES string of the molecule is CC=C(C)O[Si](N(C)C)(N(C)C)N(C)C. The summed E-state index contributed by atoms with van der Waals surface area (Å²) in [7, 11) is 10.2. The molecule has 0 amide bonds. The molecule has 0 bridgehead atoms. The third-order valence-corrected chi connectivity index (χ3v) is 6.54. The second kappa shape index (κ2) is 5.65. The predicted molar refractivity (Wildman–Crippen MR) is 67.3 cm³/mol. The van der Waals surface area contributed by atoms with Crippen molar-refractivity contribution >= 4 is 8.80 Å². The Labute approximate surface area is 95.5 Å². The van der Waals surface area contributed by atoms with Crippen LogP contribution in [0.2, 0.25) is 0 Å². The molecule has 0 aliphatic rings. The summed E-state index contributed by atoms with van der Waals surface area (Å²) < 4.78 is 12.7. The molecule has 0 fully saturated rings. The van der Waals surface area contributed by atoms with Gasteiger partial charge in [-0.3, -0.25) is 13.7 Å². The first-order valence-electron chi connectivity index (χ1n) is 5.13. The van der Waals surface area contributed by atoms with Gasteiger partial charge in [-0.25, -0.2) is 0 Å². The van der Waals surface area contributed by atoms with Gasteiger partial charge < -0.3 is 4.43 Å². The summed E-state index contributed by atoms with van der Waals surface area (Å²) in [6.45, 7) is 3.99. The molecule has 0 atom stereocenters. The molecule has 0 aromatic heterocycles. The van der Waals surface area contributed by atoms with E-state index in [4.69, 9.17) is 4.43 Å². The molecule has 0 unspecified atom stereocenters. The zero-order valence-corrected chi connectivity index (χ0v) is 12.3. The van der Waals surface area contributed by atoms with E-state index in [2.05, 4.69) is 56.0 Å². The topological polar surface area (TPSA) is 19.0 Å². The van der Waals surface area contributed by atoms with E-state index in [9.17, 15) is 0 Å². The third kappa shape index (κ3) is 3.04. The molecule has 0 heterocycles. The average molecular weight is 231 g/mol. The highest BCUT2D eigenvalue weighted by molar-refractivity contribution is 6.65. The second-order valence-corrected chi connectivity index (χ2v) is 8.29. The monoisotopic (exact) mass is 231 g/mol. The summed E-state index contributed by atoms with van der Waals surface area (Å²) in [5, 5.41) is 0. The van der Waals surface area contributed by atoms with Crippen molar-refractivity contribution in [1.29, 1.82) is 0 Å². The van der Waals surface area contributed by atoms with Crippen LogP contribution in [0.25, 0.3) is 0 Å². The van der Waals surface area contributed by atoms with Crippen LogP contribution in [-0.2, 0) is 4.43 Å². The van der Waals surface area contributed by atoms with Crippen LogP contribution in [0.3, 0.4) is 0 Å². The molecule has 0 rings (SSSR count). The first kappa shape index (κ1) is 14.6. The predicted octanol–water partition coefficient (Wildman–Crippen LogP) is 1.05. The molecule has 0 saturated carbocycles. The Hall–Kier alpha value is -0.363. The van der Waals surface area contributed by atoms with E-state index in [-0.39, 0.29) is 0 Å². The van der Waals surface area contributed by atoms with Crippen molar-refractivity contribution in [3.05, 3.63) is 11.8 Å². The maximum Gasteiger partial charge on any atom is 0.510 e. The van der Waals surface area contributed by atoms with E-state index in [1.807, 2.05) is 19.9 Å². The summed E-state index contributed by atoms with van der Waals surface area (Å²) in [5.41, 5.74) is 0. The normalized spacial score (nSPS) is 14.2. The number of nitrogens with zero attached hydrogens (tertiary/aromatic N) is 3. The van der Waals surface area contributed by atoms with Crippen molar-refractivity contribution in [2.24, 2.45) is 0 Å². The highest BCUT2D eigenvalue weighted by atomic mass is 28.4. The van der Waals surface area contributed by atoms with Crippen LogP contribution < -0.4 is 0 Å². The van der Waals surface area contributed by atoms with Crippen LogP contribution >= 0.6 is 0 Å². The lowest BCUT2D eigenvalue weighted by Crippen LogP contribution is -2.71. The van der Waals surface area contributed by atoms with Gasteiger partial charge in [0.15, 0.2) is 0 Å². The first-order valence-corrected chi connectivity index (χ1v) is 6.88. The molecular formula is C10H25N3OSi. The summed E-state index contributed by atoms with van der Waals surface area (Å²) >= 11 is 0. The van der Waals surface area contributed by atoms with Crippen molar-refractivity contribution in [2.45, 2.75) is 13.8 Å². The molecule has 90 valence electrons. The summed E-state index contributed by atoms with van der Waals surface area (Å²) in [4.78, 5) is 0. The Balaban J connectivity index is 5.14. The van der Waals surface area contributed by atoms with Crippen LogP contribution in [0.4, 0.5) is 0 Å². The molecule has 0 aromatic rings. The van der Waals surface area contributed by atoms with E-state index in [1.54, 1.807) is 0 Å². The van der Waals surface area contributed by atoms with Crippen LogP contribution in [0, 0.1) is 0 Å². The fourth-order valence-corrected chi connectivity index (χ4v) is 5.25. The van der Waals surface area contributed by atoms with Gasteiger partial charge in [-0.1, -0.05) is 6.08 Å². The second-order valence-electron chi connectivity index (χ2n) is 4.26. The van der Waals surface area contributed by atoms with E-state index < -0.39 is 8.80 Å². The van der Waals surface area contributed by atoms with Crippen molar-refractivity contribution in [2.75, 3.05) is 42.3 Å². The minimum atomic E-state index is -2.18. The Morgan fingerprint density at radius 1 is 0.933 bits per heavy atom. The van der Waals surface area contributed by atoms with Gasteiger partial charge in [0.1, 0.15) is 0 Å². The summed E-state index contributed by atoms with van der Waals surface area (Å²) in [5.74, 6) is 0.970. The van der Waals surface area contributed by atoms with E-state index in [0.29, 0.717) is 0 Å². The molecule has 0 aliphatic heterocycles. The fraction of sp³-hybridized carbons (Fsp3) is 0.800. The smallest absolute Gasteiger partial charge is 0.510 e. The minimum absolute atomic E-state index is 0.970. The van der Waals surface area contributed by atoms with Gasteiger partial charge in [0.25, 0.3) is 0 Å². The van der Waals surface area contributed by atoms with Gasteiger partial charge in [-0.2, -0.15) is 0 Å². The molecule has 0 radical (unpaired) electrons. The van der Waals surface area contributed by atoms with Crippen molar-refractivity contribution in [1.82, 2.24) is 13.7 Å². The zero-order chi connectivity index (χ0) is 12.2. The molecule has 0 N–H and O–H groups in total. The van der Waals surface area contributed by atoms with Crippen molar-refractivity contribution in [3.63, 3.8) is 0 Å². The standard InChI is InChI=1S/C10H25N3OSi/c1-9-10(2)14-15(11(3)4,12(5)6)13(7)8/h9H,1-8H3. The van der Waals surface area contributed by atoms with Crippen LogP contribution in [0.5, 0.6) is 0 Å².